The van der Waals surface area contributed by atoms with Crippen LogP contribution >= 0.6 is 11.6 Å². The first-order valence-corrected chi connectivity index (χ1v) is 6.23. The Morgan fingerprint density at radius 3 is 2.53 bits per heavy atom. The number of hydrogen-bond acceptors (Lipinski definition) is 1. The lowest BCUT2D eigenvalue weighted by atomic mass is 10.1. The van der Waals surface area contributed by atoms with E-state index in [-0.39, 0.29) is 18.1 Å². The van der Waals surface area contributed by atoms with Gasteiger partial charge in [-0.3, -0.25) is 0 Å². The molecule has 0 bridgehead atoms. The summed E-state index contributed by atoms with van der Waals surface area (Å²) < 4.78 is 0. The average molecular weight is 255 g/mol. The van der Waals surface area contributed by atoms with Crippen molar-refractivity contribution in [3.8, 4) is 0 Å². The number of urea groups is 1. The zero-order chi connectivity index (χ0) is 12.8. The lowest BCUT2D eigenvalue weighted by Crippen LogP contribution is -2.41. The number of nitrogens with one attached hydrogen (secondary N) is 2. The number of benzene rings is 1. The molecule has 2 amide bonds. The summed E-state index contributed by atoms with van der Waals surface area (Å²) in [5.74, 6) is 0. The molecule has 0 fully saturated rings. The van der Waals surface area contributed by atoms with Gasteiger partial charge in [0.2, 0.25) is 0 Å². The topological polar surface area (TPSA) is 41.1 Å². The molecule has 0 saturated carbocycles. The van der Waals surface area contributed by atoms with Gasteiger partial charge in [-0.05, 0) is 31.9 Å². The minimum absolute atomic E-state index is 0.104. The quantitative estimate of drug-likeness (QED) is 0.848. The fraction of sp³-hybridized carbons (Fsp3) is 0.462. The van der Waals surface area contributed by atoms with E-state index in [1.54, 1.807) is 0 Å². The third-order valence-corrected chi connectivity index (χ3v) is 3.05. The highest BCUT2D eigenvalue weighted by atomic mass is 35.5. The molecule has 0 spiro atoms. The number of amides is 2. The Bertz CT molecular complexity index is 381. The summed E-state index contributed by atoms with van der Waals surface area (Å²) >= 11 is 6.06. The Balaban J connectivity index is 2.58. The number of rotatable bonds is 4. The molecule has 2 N–H and O–H groups in total. The van der Waals surface area contributed by atoms with Crippen LogP contribution in [-0.2, 0) is 0 Å². The second-order valence-corrected chi connectivity index (χ2v) is 4.58. The molecule has 0 unspecified atom stereocenters. The first kappa shape index (κ1) is 13.8. The fourth-order valence-corrected chi connectivity index (χ4v) is 1.77. The van der Waals surface area contributed by atoms with Gasteiger partial charge >= 0.3 is 6.03 Å². The standard InChI is InChI=1S/C13H19ClN2O/c1-4-9(2)15-13(17)16-10(3)11-7-5-6-8-12(11)14/h5-10H,4H2,1-3H3,(H2,15,16,17)/t9-,10+/m0/s1. The summed E-state index contributed by atoms with van der Waals surface area (Å²) in [6.45, 7) is 5.92. The van der Waals surface area contributed by atoms with Gasteiger partial charge in [-0.15, -0.1) is 0 Å². The fourth-order valence-electron chi connectivity index (χ4n) is 1.47. The van der Waals surface area contributed by atoms with E-state index >= 15 is 0 Å². The molecule has 2 atom stereocenters. The summed E-state index contributed by atoms with van der Waals surface area (Å²) in [6, 6.07) is 7.43. The van der Waals surface area contributed by atoms with Crippen LogP contribution in [0.5, 0.6) is 0 Å². The highest BCUT2D eigenvalue weighted by molar-refractivity contribution is 6.31. The van der Waals surface area contributed by atoms with Crippen molar-refractivity contribution in [2.24, 2.45) is 0 Å². The van der Waals surface area contributed by atoms with Gasteiger partial charge in [0.15, 0.2) is 0 Å². The van der Waals surface area contributed by atoms with Crippen molar-refractivity contribution in [2.75, 3.05) is 0 Å². The van der Waals surface area contributed by atoms with Gasteiger partial charge in [0.25, 0.3) is 0 Å². The van der Waals surface area contributed by atoms with Gasteiger partial charge in [0.1, 0.15) is 0 Å². The van der Waals surface area contributed by atoms with Crippen LogP contribution in [0.15, 0.2) is 24.3 Å². The van der Waals surface area contributed by atoms with Crippen molar-refractivity contribution >= 4 is 17.6 Å². The van der Waals surface area contributed by atoms with Crippen LogP contribution < -0.4 is 10.6 Å². The lowest BCUT2D eigenvalue weighted by molar-refractivity contribution is 0.234. The molecule has 0 heterocycles. The smallest absolute Gasteiger partial charge is 0.315 e. The SMILES string of the molecule is CC[C@H](C)NC(=O)N[C@H](C)c1ccccc1Cl. The van der Waals surface area contributed by atoms with E-state index in [0.29, 0.717) is 5.02 Å². The van der Waals surface area contributed by atoms with Crippen LogP contribution in [0.4, 0.5) is 4.79 Å². The highest BCUT2D eigenvalue weighted by Gasteiger charge is 2.12. The van der Waals surface area contributed by atoms with Crippen molar-refractivity contribution in [1.82, 2.24) is 10.6 Å². The monoisotopic (exact) mass is 254 g/mol. The van der Waals surface area contributed by atoms with Crippen LogP contribution in [0.25, 0.3) is 0 Å². The van der Waals surface area contributed by atoms with Crippen molar-refractivity contribution in [3.63, 3.8) is 0 Å². The zero-order valence-corrected chi connectivity index (χ0v) is 11.2. The average Bonchev–Trinajstić information content (AvgIpc) is 2.29. The molecule has 94 valence electrons. The second-order valence-electron chi connectivity index (χ2n) is 4.17. The zero-order valence-electron chi connectivity index (χ0n) is 10.5. The maximum Gasteiger partial charge on any atom is 0.315 e. The summed E-state index contributed by atoms with van der Waals surface area (Å²) in [4.78, 5) is 11.6. The van der Waals surface area contributed by atoms with Gasteiger partial charge < -0.3 is 10.6 Å². The van der Waals surface area contributed by atoms with E-state index in [0.717, 1.165) is 12.0 Å². The molecular weight excluding hydrogens is 236 g/mol. The largest absolute Gasteiger partial charge is 0.336 e. The molecule has 1 aromatic rings. The molecule has 3 nitrogen and oxygen atoms in total. The van der Waals surface area contributed by atoms with Crippen LogP contribution in [0.1, 0.15) is 38.8 Å². The maximum atomic E-state index is 11.6. The molecule has 0 aliphatic carbocycles. The highest BCUT2D eigenvalue weighted by Crippen LogP contribution is 2.21. The normalized spacial score (nSPS) is 13.9. The summed E-state index contributed by atoms with van der Waals surface area (Å²) in [5, 5.41) is 6.39. The van der Waals surface area contributed by atoms with Crippen LogP contribution in [-0.4, -0.2) is 12.1 Å². The Kier molecular flexibility index (Phi) is 5.29. The molecular formula is C13H19ClN2O. The Labute approximate surface area is 108 Å². The van der Waals surface area contributed by atoms with E-state index in [9.17, 15) is 4.79 Å². The Hall–Kier alpha value is -1.22. The third-order valence-electron chi connectivity index (χ3n) is 2.71. The number of carbonyl (C=O) groups is 1. The Morgan fingerprint density at radius 1 is 1.29 bits per heavy atom. The number of carbonyl (C=O) groups excluding carboxylic acids is 1. The van der Waals surface area contributed by atoms with E-state index in [4.69, 9.17) is 11.6 Å². The van der Waals surface area contributed by atoms with Gasteiger partial charge in [0, 0.05) is 11.1 Å². The Morgan fingerprint density at radius 2 is 1.94 bits per heavy atom. The van der Waals surface area contributed by atoms with E-state index < -0.39 is 0 Å². The molecule has 0 saturated heterocycles. The first-order chi connectivity index (χ1) is 8.04. The van der Waals surface area contributed by atoms with Gasteiger partial charge in [-0.25, -0.2) is 4.79 Å². The molecule has 1 rings (SSSR count). The maximum absolute atomic E-state index is 11.6. The lowest BCUT2D eigenvalue weighted by Gasteiger charge is -2.18. The van der Waals surface area contributed by atoms with Crippen molar-refractivity contribution in [3.05, 3.63) is 34.9 Å². The predicted molar refractivity (Wildman–Crippen MR) is 71.3 cm³/mol. The van der Waals surface area contributed by atoms with Gasteiger partial charge in [-0.2, -0.15) is 0 Å². The van der Waals surface area contributed by atoms with Crippen LogP contribution in [0.2, 0.25) is 5.02 Å². The summed E-state index contributed by atoms with van der Waals surface area (Å²) in [7, 11) is 0. The van der Waals surface area contributed by atoms with Crippen molar-refractivity contribution in [1.29, 1.82) is 0 Å². The van der Waals surface area contributed by atoms with Crippen LogP contribution in [0, 0.1) is 0 Å². The van der Waals surface area contributed by atoms with Gasteiger partial charge in [0.05, 0.1) is 6.04 Å². The molecule has 0 aliphatic heterocycles. The van der Waals surface area contributed by atoms with E-state index in [1.807, 2.05) is 45.0 Å². The molecule has 0 aromatic heterocycles. The van der Waals surface area contributed by atoms with Crippen molar-refractivity contribution < 1.29 is 4.79 Å². The first-order valence-electron chi connectivity index (χ1n) is 5.86. The minimum Gasteiger partial charge on any atom is -0.336 e. The molecule has 1 aromatic carbocycles. The number of hydrogen-bond donors (Lipinski definition) is 2. The molecule has 0 aliphatic rings. The summed E-state index contributed by atoms with van der Waals surface area (Å²) in [6.07, 6.45) is 0.911. The van der Waals surface area contributed by atoms with Crippen LogP contribution in [0.3, 0.4) is 0 Å². The number of halogens is 1. The molecule has 4 heteroatoms. The molecule has 17 heavy (non-hydrogen) atoms. The van der Waals surface area contributed by atoms with Crippen molar-refractivity contribution in [2.45, 2.75) is 39.3 Å². The predicted octanol–water partition coefficient (Wildman–Crippen LogP) is 3.50. The second kappa shape index (κ2) is 6.50. The molecule has 0 radical (unpaired) electrons. The summed E-state index contributed by atoms with van der Waals surface area (Å²) in [5.41, 5.74) is 0.925. The van der Waals surface area contributed by atoms with E-state index in [2.05, 4.69) is 10.6 Å². The minimum atomic E-state index is -0.160. The van der Waals surface area contributed by atoms with Gasteiger partial charge in [-0.1, -0.05) is 36.7 Å². The van der Waals surface area contributed by atoms with E-state index in [1.165, 1.54) is 0 Å². The third kappa shape index (κ3) is 4.27.